The molecule has 0 radical (unpaired) electrons. The maximum atomic E-state index is 13.3. The predicted octanol–water partition coefficient (Wildman–Crippen LogP) is 1.79. The van der Waals surface area contributed by atoms with E-state index >= 15 is 0 Å². The fraction of sp³-hybridized carbons (Fsp3) is 0.632. The minimum Gasteiger partial charge on any atom is -0.385 e. The number of rotatable bonds is 9. The molecule has 2 rings (SSSR count). The largest absolute Gasteiger partial charge is 0.385 e. The Kier molecular flexibility index (Phi) is 9.38. The highest BCUT2D eigenvalue weighted by atomic mass is 19.1. The molecule has 1 heterocycles. The predicted molar refractivity (Wildman–Crippen MR) is 102 cm³/mol. The van der Waals surface area contributed by atoms with E-state index in [0.29, 0.717) is 6.54 Å². The minimum atomic E-state index is -0.217. The van der Waals surface area contributed by atoms with Gasteiger partial charge in [0.15, 0.2) is 5.96 Å². The van der Waals surface area contributed by atoms with Crippen LogP contribution in [0.3, 0.4) is 0 Å². The summed E-state index contributed by atoms with van der Waals surface area (Å²) in [6.45, 7) is 8.13. The second-order valence-corrected chi connectivity index (χ2v) is 6.21. The number of ether oxygens (including phenoxy) is 2. The summed E-state index contributed by atoms with van der Waals surface area (Å²) < 4.78 is 23.9. The number of hydrogen-bond donors (Lipinski definition) is 2. The van der Waals surface area contributed by atoms with Crippen LogP contribution in [-0.2, 0) is 9.47 Å². The first-order valence-electron chi connectivity index (χ1n) is 9.33. The number of methoxy groups -OCH3 is 1. The van der Waals surface area contributed by atoms with E-state index < -0.39 is 0 Å². The topological polar surface area (TPSA) is 58.1 Å². The van der Waals surface area contributed by atoms with Gasteiger partial charge in [-0.2, -0.15) is 0 Å². The van der Waals surface area contributed by atoms with Crippen molar-refractivity contribution < 1.29 is 13.9 Å². The van der Waals surface area contributed by atoms with E-state index in [-0.39, 0.29) is 11.9 Å². The van der Waals surface area contributed by atoms with Crippen molar-refractivity contribution in [1.29, 1.82) is 0 Å². The third kappa shape index (κ3) is 6.90. The normalized spacial score (nSPS) is 17.1. The zero-order valence-electron chi connectivity index (χ0n) is 15.8. The molecule has 1 atom stereocenters. The van der Waals surface area contributed by atoms with Crippen LogP contribution in [0.5, 0.6) is 0 Å². The lowest BCUT2D eigenvalue weighted by Gasteiger charge is -2.34. The Morgan fingerprint density at radius 1 is 1.27 bits per heavy atom. The third-order valence-corrected chi connectivity index (χ3v) is 4.33. The summed E-state index contributed by atoms with van der Waals surface area (Å²) in [4.78, 5) is 7.12. The zero-order chi connectivity index (χ0) is 18.6. The molecule has 2 N–H and O–H groups in total. The highest BCUT2D eigenvalue weighted by molar-refractivity contribution is 5.79. The Morgan fingerprint density at radius 3 is 2.65 bits per heavy atom. The second kappa shape index (κ2) is 11.8. The van der Waals surface area contributed by atoms with Gasteiger partial charge in [0.05, 0.1) is 25.8 Å². The van der Waals surface area contributed by atoms with Crippen LogP contribution in [0.2, 0.25) is 0 Å². The van der Waals surface area contributed by atoms with Gasteiger partial charge in [0.1, 0.15) is 5.82 Å². The van der Waals surface area contributed by atoms with Crippen LogP contribution >= 0.6 is 0 Å². The van der Waals surface area contributed by atoms with E-state index in [1.165, 1.54) is 12.1 Å². The molecule has 1 saturated heterocycles. The first-order chi connectivity index (χ1) is 12.7. The number of aliphatic imine (C=N–C) groups is 1. The molecule has 0 saturated carbocycles. The van der Waals surface area contributed by atoms with Crippen LogP contribution in [0.25, 0.3) is 0 Å². The average molecular weight is 366 g/mol. The Balaban J connectivity index is 2.06. The number of morpholine rings is 1. The van der Waals surface area contributed by atoms with Crippen molar-refractivity contribution in [1.82, 2.24) is 15.5 Å². The van der Waals surface area contributed by atoms with Gasteiger partial charge in [-0.3, -0.25) is 9.89 Å². The molecule has 6 nitrogen and oxygen atoms in total. The van der Waals surface area contributed by atoms with Gasteiger partial charge in [-0.05, 0) is 31.0 Å². The highest BCUT2D eigenvalue weighted by Gasteiger charge is 2.22. The van der Waals surface area contributed by atoms with Crippen LogP contribution in [0.4, 0.5) is 4.39 Å². The molecule has 1 aromatic carbocycles. The van der Waals surface area contributed by atoms with Gasteiger partial charge in [0.2, 0.25) is 0 Å². The van der Waals surface area contributed by atoms with Crippen LogP contribution < -0.4 is 10.6 Å². The van der Waals surface area contributed by atoms with Crippen molar-refractivity contribution in [2.24, 2.45) is 4.99 Å². The Morgan fingerprint density at radius 2 is 2.00 bits per heavy atom. The SMILES string of the molecule is CCNC(=NCC(c1ccc(F)cc1)N1CCOCC1)NCCCOC. The zero-order valence-corrected chi connectivity index (χ0v) is 15.8. The van der Waals surface area contributed by atoms with Crippen LogP contribution in [-0.4, -0.2) is 70.5 Å². The van der Waals surface area contributed by atoms with Crippen molar-refractivity contribution in [2.75, 3.05) is 59.7 Å². The quantitative estimate of drug-likeness (QED) is 0.396. The van der Waals surface area contributed by atoms with Crippen molar-refractivity contribution in [3.05, 3.63) is 35.6 Å². The average Bonchev–Trinajstić information content (AvgIpc) is 2.67. The molecule has 1 aliphatic heterocycles. The summed E-state index contributed by atoms with van der Waals surface area (Å²) >= 11 is 0. The molecule has 1 aromatic rings. The first-order valence-corrected chi connectivity index (χ1v) is 9.33. The van der Waals surface area contributed by atoms with Gasteiger partial charge < -0.3 is 20.1 Å². The van der Waals surface area contributed by atoms with Crippen LogP contribution in [0.1, 0.15) is 24.9 Å². The van der Waals surface area contributed by atoms with E-state index in [0.717, 1.165) is 63.9 Å². The molecular weight excluding hydrogens is 335 g/mol. The van der Waals surface area contributed by atoms with E-state index in [1.54, 1.807) is 7.11 Å². The molecule has 0 aromatic heterocycles. The van der Waals surface area contributed by atoms with E-state index in [9.17, 15) is 4.39 Å². The van der Waals surface area contributed by atoms with Gasteiger partial charge in [-0.25, -0.2) is 4.39 Å². The lowest BCUT2D eigenvalue weighted by Crippen LogP contribution is -2.42. The molecule has 0 bridgehead atoms. The molecule has 0 amide bonds. The Hall–Kier alpha value is -1.70. The van der Waals surface area contributed by atoms with Crippen molar-refractivity contribution in [3.63, 3.8) is 0 Å². The first kappa shape index (κ1) is 20.6. The molecule has 26 heavy (non-hydrogen) atoms. The molecule has 146 valence electrons. The standard InChI is InChI=1S/C19H31FN4O2/c1-3-21-19(22-9-4-12-25-2)23-15-18(24-10-13-26-14-11-24)16-5-7-17(20)8-6-16/h5-8,18H,3-4,9-15H2,1-2H3,(H2,21,22,23). The molecule has 0 spiro atoms. The molecular formula is C19H31FN4O2. The summed E-state index contributed by atoms with van der Waals surface area (Å²) in [5.41, 5.74) is 1.08. The minimum absolute atomic E-state index is 0.105. The highest BCUT2D eigenvalue weighted by Crippen LogP contribution is 2.22. The lowest BCUT2D eigenvalue weighted by molar-refractivity contribution is 0.0179. The van der Waals surface area contributed by atoms with E-state index in [4.69, 9.17) is 14.5 Å². The number of guanidine groups is 1. The lowest BCUT2D eigenvalue weighted by atomic mass is 10.0. The molecule has 1 unspecified atom stereocenters. The second-order valence-electron chi connectivity index (χ2n) is 6.21. The smallest absolute Gasteiger partial charge is 0.191 e. The summed E-state index contributed by atoms with van der Waals surface area (Å²) in [5, 5.41) is 6.60. The maximum absolute atomic E-state index is 13.3. The van der Waals surface area contributed by atoms with Crippen molar-refractivity contribution in [3.8, 4) is 0 Å². The van der Waals surface area contributed by atoms with Crippen molar-refractivity contribution in [2.45, 2.75) is 19.4 Å². The van der Waals surface area contributed by atoms with Gasteiger partial charge in [-0.15, -0.1) is 0 Å². The van der Waals surface area contributed by atoms with Gasteiger partial charge in [-0.1, -0.05) is 12.1 Å². The summed E-state index contributed by atoms with van der Waals surface area (Å²) in [5.74, 6) is 0.579. The molecule has 0 aliphatic carbocycles. The summed E-state index contributed by atoms with van der Waals surface area (Å²) in [7, 11) is 1.70. The van der Waals surface area contributed by atoms with E-state index in [1.807, 2.05) is 19.1 Å². The monoisotopic (exact) mass is 366 g/mol. The van der Waals surface area contributed by atoms with Crippen LogP contribution in [0.15, 0.2) is 29.3 Å². The Bertz CT molecular complexity index is 533. The van der Waals surface area contributed by atoms with Crippen LogP contribution in [0, 0.1) is 5.82 Å². The van der Waals surface area contributed by atoms with Crippen molar-refractivity contribution >= 4 is 5.96 Å². The number of hydrogen-bond acceptors (Lipinski definition) is 4. The number of halogens is 1. The van der Waals surface area contributed by atoms with E-state index in [2.05, 4.69) is 15.5 Å². The fourth-order valence-electron chi connectivity index (χ4n) is 2.95. The Labute approximate surface area is 155 Å². The third-order valence-electron chi connectivity index (χ3n) is 4.33. The molecule has 7 heteroatoms. The number of nitrogens with zero attached hydrogens (tertiary/aromatic N) is 2. The van der Waals surface area contributed by atoms with Gasteiger partial charge in [0.25, 0.3) is 0 Å². The fourth-order valence-corrected chi connectivity index (χ4v) is 2.95. The summed E-state index contributed by atoms with van der Waals surface area (Å²) in [6, 6.07) is 6.84. The number of benzene rings is 1. The van der Waals surface area contributed by atoms with Gasteiger partial charge in [0, 0.05) is 39.9 Å². The molecule has 1 fully saturated rings. The van der Waals surface area contributed by atoms with Gasteiger partial charge >= 0.3 is 0 Å². The summed E-state index contributed by atoms with van der Waals surface area (Å²) in [6.07, 6.45) is 0.922. The molecule has 1 aliphatic rings. The number of nitrogens with one attached hydrogen (secondary N) is 2. The maximum Gasteiger partial charge on any atom is 0.191 e.